The Morgan fingerprint density at radius 3 is 2.40 bits per heavy atom. The van der Waals surface area contributed by atoms with Gasteiger partial charge in [-0.05, 0) is 50.6 Å². The summed E-state index contributed by atoms with van der Waals surface area (Å²) in [5, 5.41) is 10.1. The molecule has 1 aliphatic rings. The molecule has 5 nitrogen and oxygen atoms in total. The van der Waals surface area contributed by atoms with Gasteiger partial charge in [-0.3, -0.25) is 4.31 Å². The van der Waals surface area contributed by atoms with Crippen molar-refractivity contribution in [1.29, 1.82) is 0 Å². The van der Waals surface area contributed by atoms with Crippen molar-refractivity contribution in [3.8, 4) is 0 Å². The van der Waals surface area contributed by atoms with Gasteiger partial charge < -0.3 is 9.84 Å². The highest BCUT2D eigenvalue weighted by Crippen LogP contribution is 2.32. The summed E-state index contributed by atoms with van der Waals surface area (Å²) in [7, 11) is -1.39. The third kappa shape index (κ3) is 2.48. The Balaban J connectivity index is 2.24. The van der Waals surface area contributed by atoms with Crippen molar-refractivity contribution < 1.29 is 18.8 Å². The maximum Gasteiger partial charge on any atom is 0.338 e. The molecule has 0 saturated heterocycles. The molecule has 1 aromatic rings. The van der Waals surface area contributed by atoms with Crippen LogP contribution >= 0.6 is 0 Å². The summed E-state index contributed by atoms with van der Waals surface area (Å²) in [4.78, 5) is 12.2. The van der Waals surface area contributed by atoms with E-state index in [0.717, 1.165) is 0 Å². The molecule has 0 fully saturated rings. The van der Waals surface area contributed by atoms with E-state index in [4.69, 9.17) is 4.74 Å². The number of carbonyl (C=O) groups excluding carboxylic acids is 1. The van der Waals surface area contributed by atoms with Crippen LogP contribution in [0.5, 0.6) is 0 Å². The van der Waals surface area contributed by atoms with Gasteiger partial charge >= 0.3 is 5.97 Å². The highest BCUT2D eigenvalue weighted by atomic mass is 32.2. The average molecular weight is 295 g/mol. The van der Waals surface area contributed by atoms with E-state index in [1.807, 2.05) is 0 Å². The normalized spacial score (nSPS) is 22.3. The smallest absolute Gasteiger partial charge is 0.338 e. The monoisotopic (exact) mass is 295 g/mol. The molecule has 20 heavy (non-hydrogen) atoms. The predicted octanol–water partition coefficient (Wildman–Crippen LogP) is 1.96. The first-order valence-electron chi connectivity index (χ1n) is 6.31. The van der Waals surface area contributed by atoms with Gasteiger partial charge in [0, 0.05) is 4.91 Å². The van der Waals surface area contributed by atoms with Gasteiger partial charge in [0.1, 0.15) is 0 Å². The Labute approximate surface area is 120 Å². The van der Waals surface area contributed by atoms with Crippen LogP contribution in [0.15, 0.2) is 34.7 Å². The zero-order chi connectivity index (χ0) is 14.9. The van der Waals surface area contributed by atoms with Gasteiger partial charge in [0.25, 0.3) is 0 Å². The fourth-order valence-corrected chi connectivity index (χ4v) is 3.26. The van der Waals surface area contributed by atoms with Crippen LogP contribution in [0.4, 0.5) is 5.69 Å². The Morgan fingerprint density at radius 1 is 1.35 bits per heavy atom. The Bertz CT molecular complexity index is 579. The van der Waals surface area contributed by atoms with Crippen molar-refractivity contribution in [2.45, 2.75) is 27.0 Å². The Kier molecular flexibility index (Phi) is 4.25. The van der Waals surface area contributed by atoms with E-state index in [1.165, 1.54) is 4.31 Å². The predicted molar refractivity (Wildman–Crippen MR) is 77.4 cm³/mol. The number of aliphatic hydroxyl groups is 1. The van der Waals surface area contributed by atoms with E-state index in [-0.39, 0.29) is 0 Å². The molecule has 1 heterocycles. The Morgan fingerprint density at radius 2 is 1.95 bits per heavy atom. The van der Waals surface area contributed by atoms with E-state index < -0.39 is 23.2 Å². The minimum atomic E-state index is -1.39. The van der Waals surface area contributed by atoms with Crippen LogP contribution in [0, 0.1) is 0 Å². The van der Waals surface area contributed by atoms with Gasteiger partial charge in [-0.2, -0.15) is 0 Å². The van der Waals surface area contributed by atoms with Crippen molar-refractivity contribution in [3.05, 3.63) is 40.3 Å². The molecule has 1 N–H and O–H groups in total. The molecular weight excluding hydrogens is 278 g/mol. The molecule has 1 aromatic carbocycles. The third-order valence-corrected chi connectivity index (χ3v) is 4.85. The van der Waals surface area contributed by atoms with E-state index in [9.17, 15) is 14.1 Å². The largest absolute Gasteiger partial charge is 0.462 e. The molecule has 108 valence electrons. The second kappa shape index (κ2) is 5.76. The SMILES string of the molecule is CCOC(=O)c1ccc(N2[C@H](O)C(C)=C(C)S2=O)cc1. The first-order valence-corrected chi connectivity index (χ1v) is 7.41. The lowest BCUT2D eigenvalue weighted by Gasteiger charge is -2.22. The van der Waals surface area contributed by atoms with Gasteiger partial charge in [0.05, 0.1) is 17.9 Å². The molecule has 0 radical (unpaired) electrons. The second-order valence-electron chi connectivity index (χ2n) is 4.46. The summed E-state index contributed by atoms with van der Waals surface area (Å²) in [5.41, 5.74) is 1.72. The number of hydrogen-bond donors (Lipinski definition) is 1. The van der Waals surface area contributed by atoms with E-state index in [2.05, 4.69) is 0 Å². The molecular formula is C14H17NO4S. The van der Waals surface area contributed by atoms with Gasteiger partial charge in [0.15, 0.2) is 17.2 Å². The number of nitrogens with zero attached hydrogens (tertiary/aromatic N) is 1. The van der Waals surface area contributed by atoms with Crippen LogP contribution in [0.25, 0.3) is 0 Å². The van der Waals surface area contributed by atoms with Crippen molar-refractivity contribution in [3.63, 3.8) is 0 Å². The summed E-state index contributed by atoms with van der Waals surface area (Å²) in [6.45, 7) is 5.55. The quantitative estimate of drug-likeness (QED) is 0.866. The lowest BCUT2D eigenvalue weighted by atomic mass is 10.2. The van der Waals surface area contributed by atoms with Crippen LogP contribution < -0.4 is 4.31 Å². The number of rotatable bonds is 3. The van der Waals surface area contributed by atoms with Crippen LogP contribution in [0.2, 0.25) is 0 Å². The summed E-state index contributed by atoms with van der Waals surface area (Å²) in [6.07, 6.45) is -0.899. The number of esters is 1. The number of hydrogen-bond acceptors (Lipinski definition) is 4. The van der Waals surface area contributed by atoms with Crippen molar-refractivity contribution in [1.82, 2.24) is 0 Å². The van der Waals surface area contributed by atoms with Gasteiger partial charge in [-0.25, -0.2) is 9.00 Å². The fraction of sp³-hybridized carbons (Fsp3) is 0.357. The Hall–Kier alpha value is -1.66. The number of aliphatic hydroxyl groups excluding tert-OH is 1. The van der Waals surface area contributed by atoms with Gasteiger partial charge in [-0.15, -0.1) is 0 Å². The standard InChI is InChI=1S/C14H17NO4S/c1-4-19-14(17)11-5-7-12(8-6-11)15-13(16)9(2)10(3)20(15)18/h5-8,13,16H,4H2,1-3H3/t13-,20?/m1/s1. The first kappa shape index (κ1) is 14.7. The molecule has 1 unspecified atom stereocenters. The molecule has 0 aliphatic carbocycles. The maximum absolute atomic E-state index is 12.2. The number of carbonyl (C=O) groups is 1. The minimum absolute atomic E-state index is 0.317. The van der Waals surface area contributed by atoms with Gasteiger partial charge in [0.2, 0.25) is 0 Å². The molecule has 0 saturated carbocycles. The summed E-state index contributed by atoms with van der Waals surface area (Å²) < 4.78 is 18.5. The average Bonchev–Trinajstić information content (AvgIpc) is 2.64. The van der Waals surface area contributed by atoms with Crippen LogP contribution in [0.3, 0.4) is 0 Å². The molecule has 6 heteroatoms. The highest BCUT2D eigenvalue weighted by molar-refractivity contribution is 7.90. The molecule has 0 spiro atoms. The van der Waals surface area contributed by atoms with Crippen molar-refractivity contribution in [2.24, 2.45) is 0 Å². The second-order valence-corrected chi connectivity index (χ2v) is 5.96. The lowest BCUT2D eigenvalue weighted by Crippen LogP contribution is -2.31. The van der Waals surface area contributed by atoms with E-state index in [1.54, 1.807) is 45.0 Å². The number of anilines is 1. The van der Waals surface area contributed by atoms with Crippen LogP contribution in [0.1, 0.15) is 31.1 Å². The first-order chi connectivity index (χ1) is 9.47. The van der Waals surface area contributed by atoms with Crippen molar-refractivity contribution >= 4 is 22.6 Å². The maximum atomic E-state index is 12.2. The summed E-state index contributed by atoms with van der Waals surface area (Å²) in [6, 6.07) is 6.50. The third-order valence-electron chi connectivity index (χ3n) is 3.24. The van der Waals surface area contributed by atoms with Crippen molar-refractivity contribution in [2.75, 3.05) is 10.9 Å². The van der Waals surface area contributed by atoms with E-state index >= 15 is 0 Å². The molecule has 2 atom stereocenters. The molecule has 1 aliphatic heterocycles. The number of ether oxygens (including phenoxy) is 1. The van der Waals surface area contributed by atoms with Crippen LogP contribution in [-0.4, -0.2) is 28.1 Å². The molecule has 0 amide bonds. The zero-order valence-corrected chi connectivity index (χ0v) is 12.4. The number of benzene rings is 1. The molecule has 0 bridgehead atoms. The fourth-order valence-electron chi connectivity index (χ4n) is 1.93. The topological polar surface area (TPSA) is 66.8 Å². The van der Waals surface area contributed by atoms with E-state index in [0.29, 0.717) is 28.3 Å². The summed E-state index contributed by atoms with van der Waals surface area (Å²) in [5.74, 6) is -0.396. The lowest BCUT2D eigenvalue weighted by molar-refractivity contribution is 0.0526. The molecule has 2 rings (SSSR count). The van der Waals surface area contributed by atoms with Crippen LogP contribution in [-0.2, 0) is 15.7 Å². The highest BCUT2D eigenvalue weighted by Gasteiger charge is 2.33. The van der Waals surface area contributed by atoms with Gasteiger partial charge in [-0.1, -0.05) is 0 Å². The molecule has 0 aromatic heterocycles. The zero-order valence-electron chi connectivity index (χ0n) is 11.6. The minimum Gasteiger partial charge on any atom is -0.462 e. The number of allylic oxidation sites excluding steroid dienone is 1. The summed E-state index contributed by atoms with van der Waals surface area (Å²) >= 11 is 0.